The molecule has 0 spiro atoms. The van der Waals surface area contributed by atoms with Crippen LogP contribution >= 0.6 is 15.9 Å². The summed E-state index contributed by atoms with van der Waals surface area (Å²) in [5, 5.41) is 12.4. The summed E-state index contributed by atoms with van der Waals surface area (Å²) in [7, 11) is 0. The van der Waals surface area contributed by atoms with Crippen molar-refractivity contribution in [1.29, 1.82) is 0 Å². The second-order valence-electron chi connectivity index (χ2n) is 4.54. The Hall–Kier alpha value is -1.11. The van der Waals surface area contributed by atoms with E-state index in [1.165, 1.54) is 0 Å². The van der Waals surface area contributed by atoms with E-state index in [4.69, 9.17) is 10.5 Å². The van der Waals surface area contributed by atoms with Gasteiger partial charge in [0.1, 0.15) is 18.5 Å². The van der Waals surface area contributed by atoms with Crippen molar-refractivity contribution >= 4 is 21.8 Å². The van der Waals surface area contributed by atoms with E-state index in [0.717, 1.165) is 10.9 Å². The number of halogens is 1. The Morgan fingerprint density at radius 1 is 1.50 bits per heavy atom. The van der Waals surface area contributed by atoms with Crippen molar-refractivity contribution in [3.05, 3.63) is 28.7 Å². The number of amides is 1. The van der Waals surface area contributed by atoms with E-state index in [-0.39, 0.29) is 19.1 Å². The molecule has 2 unspecified atom stereocenters. The van der Waals surface area contributed by atoms with Crippen LogP contribution in [0.25, 0.3) is 0 Å². The maximum Gasteiger partial charge on any atom is 0.237 e. The quantitative estimate of drug-likeness (QED) is 0.666. The molecule has 112 valence electrons. The van der Waals surface area contributed by atoms with Crippen LogP contribution < -0.4 is 15.8 Å². The van der Waals surface area contributed by atoms with Gasteiger partial charge in [-0.25, -0.2) is 0 Å². The highest BCUT2D eigenvalue weighted by Gasteiger charge is 2.14. The molecule has 0 fully saturated rings. The van der Waals surface area contributed by atoms with Gasteiger partial charge in [0.15, 0.2) is 0 Å². The molecule has 0 saturated heterocycles. The largest absolute Gasteiger partial charge is 0.490 e. The molecule has 0 bridgehead atoms. The zero-order valence-electron chi connectivity index (χ0n) is 11.5. The number of rotatable bonds is 8. The monoisotopic (exact) mass is 344 g/mol. The first kappa shape index (κ1) is 16.9. The highest BCUT2D eigenvalue weighted by Crippen LogP contribution is 2.23. The van der Waals surface area contributed by atoms with Gasteiger partial charge < -0.3 is 20.9 Å². The van der Waals surface area contributed by atoms with Gasteiger partial charge in [-0.05, 0) is 34.5 Å². The van der Waals surface area contributed by atoms with Crippen molar-refractivity contribution in [2.75, 3.05) is 13.2 Å². The maximum atomic E-state index is 11.6. The average molecular weight is 345 g/mol. The third kappa shape index (κ3) is 5.90. The third-order valence-corrected chi connectivity index (χ3v) is 3.37. The van der Waals surface area contributed by atoms with E-state index >= 15 is 0 Å². The lowest BCUT2D eigenvalue weighted by molar-refractivity contribution is -0.123. The Morgan fingerprint density at radius 2 is 2.20 bits per heavy atom. The lowest BCUT2D eigenvalue weighted by atomic mass is 10.1. The fraction of sp³-hybridized carbons (Fsp3) is 0.500. The van der Waals surface area contributed by atoms with Gasteiger partial charge in [0.2, 0.25) is 5.91 Å². The van der Waals surface area contributed by atoms with Gasteiger partial charge >= 0.3 is 0 Å². The van der Waals surface area contributed by atoms with Gasteiger partial charge in [-0.15, -0.1) is 0 Å². The van der Waals surface area contributed by atoms with Gasteiger partial charge in [-0.3, -0.25) is 4.79 Å². The molecule has 0 heterocycles. The van der Waals surface area contributed by atoms with Gasteiger partial charge in [0.05, 0.1) is 10.5 Å². The molecule has 0 aliphatic heterocycles. The Bertz CT molecular complexity index is 429. The molecule has 1 aromatic carbocycles. The highest BCUT2D eigenvalue weighted by molar-refractivity contribution is 9.10. The van der Waals surface area contributed by atoms with Crippen molar-refractivity contribution in [2.24, 2.45) is 5.73 Å². The molecule has 1 rings (SSSR count). The van der Waals surface area contributed by atoms with E-state index in [0.29, 0.717) is 12.2 Å². The van der Waals surface area contributed by atoms with Gasteiger partial charge in [-0.2, -0.15) is 0 Å². The van der Waals surface area contributed by atoms with Crippen molar-refractivity contribution in [1.82, 2.24) is 5.32 Å². The topological polar surface area (TPSA) is 84.6 Å². The molecule has 4 N–H and O–H groups in total. The lowest BCUT2D eigenvalue weighted by Gasteiger charge is -2.16. The molecule has 0 saturated carbocycles. The second-order valence-corrected chi connectivity index (χ2v) is 5.39. The van der Waals surface area contributed by atoms with Gasteiger partial charge in [-0.1, -0.05) is 25.5 Å². The van der Waals surface area contributed by atoms with Crippen LogP contribution in [0.4, 0.5) is 0 Å². The molecule has 6 heteroatoms. The molecule has 0 aromatic heterocycles. The number of para-hydroxylation sites is 1. The van der Waals surface area contributed by atoms with Crippen LogP contribution in [-0.2, 0) is 4.79 Å². The van der Waals surface area contributed by atoms with Crippen LogP contribution in [0.2, 0.25) is 0 Å². The summed E-state index contributed by atoms with van der Waals surface area (Å²) in [6.07, 6.45) is 0.706. The molecule has 5 nitrogen and oxygen atoms in total. The minimum atomic E-state index is -0.778. The molecular formula is C14H21BrN2O3. The second kappa shape index (κ2) is 8.94. The van der Waals surface area contributed by atoms with Crippen LogP contribution in [0.3, 0.4) is 0 Å². The number of aliphatic hydroxyl groups excluding tert-OH is 1. The van der Waals surface area contributed by atoms with Gasteiger partial charge in [0.25, 0.3) is 0 Å². The van der Waals surface area contributed by atoms with E-state index in [9.17, 15) is 9.90 Å². The Morgan fingerprint density at radius 3 is 2.85 bits per heavy atom. The average Bonchev–Trinajstić information content (AvgIpc) is 2.44. The summed E-state index contributed by atoms with van der Waals surface area (Å²) in [5.74, 6) is 0.410. The molecule has 0 aliphatic rings. The fourth-order valence-corrected chi connectivity index (χ4v) is 2.00. The van der Waals surface area contributed by atoms with Crippen LogP contribution in [0.5, 0.6) is 5.75 Å². The Balaban J connectivity index is 2.29. The number of carbonyl (C=O) groups excluding carboxylic acids is 1. The van der Waals surface area contributed by atoms with Crippen molar-refractivity contribution in [3.8, 4) is 5.75 Å². The summed E-state index contributed by atoms with van der Waals surface area (Å²) in [6.45, 7) is 2.19. The predicted molar refractivity (Wildman–Crippen MR) is 81.5 cm³/mol. The summed E-state index contributed by atoms with van der Waals surface area (Å²) >= 11 is 3.35. The van der Waals surface area contributed by atoms with Crippen molar-refractivity contribution in [2.45, 2.75) is 31.9 Å². The molecule has 20 heavy (non-hydrogen) atoms. The maximum absolute atomic E-state index is 11.6. The summed E-state index contributed by atoms with van der Waals surface area (Å²) in [4.78, 5) is 11.6. The zero-order chi connectivity index (χ0) is 15.0. The third-order valence-electron chi connectivity index (χ3n) is 2.72. The van der Waals surface area contributed by atoms with E-state index in [1.54, 1.807) is 6.07 Å². The SMILES string of the molecule is CCCC(N)C(=O)NCC(O)COc1ccccc1Br. The van der Waals surface area contributed by atoms with Crippen LogP contribution in [0, 0.1) is 0 Å². The van der Waals surface area contributed by atoms with E-state index in [2.05, 4.69) is 21.2 Å². The zero-order valence-corrected chi connectivity index (χ0v) is 13.1. The minimum Gasteiger partial charge on any atom is -0.490 e. The highest BCUT2D eigenvalue weighted by atomic mass is 79.9. The van der Waals surface area contributed by atoms with Crippen LogP contribution in [0.1, 0.15) is 19.8 Å². The van der Waals surface area contributed by atoms with E-state index < -0.39 is 12.1 Å². The number of hydrogen-bond donors (Lipinski definition) is 3. The fourth-order valence-electron chi connectivity index (χ4n) is 1.60. The minimum absolute atomic E-state index is 0.103. The van der Waals surface area contributed by atoms with Crippen LogP contribution in [-0.4, -0.2) is 36.3 Å². The molecule has 0 aliphatic carbocycles. The number of ether oxygens (including phenoxy) is 1. The smallest absolute Gasteiger partial charge is 0.237 e. The standard InChI is InChI=1S/C14H21BrN2O3/c1-2-5-12(16)14(19)17-8-10(18)9-20-13-7-4-3-6-11(13)15/h3-4,6-7,10,12,18H,2,5,8-9,16H2,1H3,(H,17,19). The first-order valence-corrected chi connectivity index (χ1v) is 7.42. The molecule has 1 amide bonds. The number of carbonyl (C=O) groups is 1. The number of hydrogen-bond acceptors (Lipinski definition) is 4. The lowest BCUT2D eigenvalue weighted by Crippen LogP contribution is -2.44. The first-order valence-electron chi connectivity index (χ1n) is 6.63. The first-order chi connectivity index (χ1) is 9.54. The normalized spacial score (nSPS) is 13.6. The predicted octanol–water partition coefficient (Wildman–Crippen LogP) is 1.43. The van der Waals surface area contributed by atoms with Crippen molar-refractivity contribution in [3.63, 3.8) is 0 Å². The number of nitrogens with two attached hydrogens (primary N) is 1. The molecule has 1 aromatic rings. The molecule has 0 radical (unpaired) electrons. The summed E-state index contributed by atoms with van der Waals surface area (Å²) in [5.41, 5.74) is 5.67. The number of nitrogens with one attached hydrogen (secondary N) is 1. The summed E-state index contributed by atoms with van der Waals surface area (Å²) in [6, 6.07) is 6.86. The molecule has 2 atom stereocenters. The summed E-state index contributed by atoms with van der Waals surface area (Å²) < 4.78 is 6.28. The molecular weight excluding hydrogens is 324 g/mol. The van der Waals surface area contributed by atoms with Gasteiger partial charge in [0, 0.05) is 6.54 Å². The number of benzene rings is 1. The van der Waals surface area contributed by atoms with Crippen molar-refractivity contribution < 1.29 is 14.6 Å². The Labute approximate surface area is 127 Å². The van der Waals surface area contributed by atoms with E-state index in [1.807, 2.05) is 25.1 Å². The van der Waals surface area contributed by atoms with Crippen LogP contribution in [0.15, 0.2) is 28.7 Å². The Kier molecular flexibility index (Phi) is 7.58. The number of aliphatic hydroxyl groups is 1.